The van der Waals surface area contributed by atoms with Crippen LogP contribution in [0.25, 0.3) is 10.9 Å². The van der Waals surface area contributed by atoms with Crippen LogP contribution >= 0.6 is 12.6 Å². The summed E-state index contributed by atoms with van der Waals surface area (Å²) in [5.74, 6) is 0. The van der Waals surface area contributed by atoms with Crippen LogP contribution in [0.15, 0.2) is 41.4 Å². The maximum absolute atomic E-state index is 4.22. The predicted molar refractivity (Wildman–Crippen MR) is 60.3 cm³/mol. The van der Waals surface area contributed by atoms with Gasteiger partial charge in [0.1, 0.15) is 0 Å². The van der Waals surface area contributed by atoms with Crippen LogP contribution < -0.4 is 0 Å². The Hall–Kier alpha value is -1.02. The van der Waals surface area contributed by atoms with Crippen LogP contribution in [0.2, 0.25) is 0 Å². The molecule has 0 aliphatic carbocycles. The van der Waals surface area contributed by atoms with Crippen molar-refractivity contribution >= 4 is 23.5 Å². The van der Waals surface area contributed by atoms with Gasteiger partial charge in [-0.05, 0) is 18.2 Å². The van der Waals surface area contributed by atoms with E-state index in [9.17, 15) is 0 Å². The fraction of sp³-hybridized carbons (Fsp3) is 0.182. The molecule has 0 radical (unpaired) electrons. The van der Waals surface area contributed by atoms with Crippen molar-refractivity contribution in [3.8, 4) is 0 Å². The molecule has 0 saturated heterocycles. The minimum absolute atomic E-state index is 0.955. The number of benzene rings is 1. The summed E-state index contributed by atoms with van der Waals surface area (Å²) >= 11 is 4.22. The molecule has 2 rings (SSSR count). The molecule has 2 aromatic rings. The Labute approximate surface area is 84.2 Å². The molecule has 0 aliphatic rings. The molecule has 0 aliphatic heterocycles. The van der Waals surface area contributed by atoms with Crippen molar-refractivity contribution in [3.05, 3.63) is 36.5 Å². The van der Waals surface area contributed by atoms with E-state index in [1.54, 1.807) is 6.20 Å². The van der Waals surface area contributed by atoms with E-state index < -0.39 is 0 Å². The summed E-state index contributed by atoms with van der Waals surface area (Å²) in [5, 5.41) is 1.16. The Balaban J connectivity index is 0.000000396. The van der Waals surface area contributed by atoms with E-state index in [4.69, 9.17) is 0 Å². The fourth-order valence-electron chi connectivity index (χ4n) is 1.05. The summed E-state index contributed by atoms with van der Waals surface area (Å²) in [6.07, 6.45) is 1.79. The van der Waals surface area contributed by atoms with Crippen molar-refractivity contribution in [2.24, 2.45) is 0 Å². The molecule has 68 valence electrons. The van der Waals surface area contributed by atoms with Crippen molar-refractivity contribution in [2.45, 2.75) is 18.7 Å². The molecule has 0 spiro atoms. The first-order valence-electron chi connectivity index (χ1n) is 4.40. The zero-order valence-corrected chi connectivity index (χ0v) is 8.75. The van der Waals surface area contributed by atoms with Gasteiger partial charge < -0.3 is 0 Å². The highest BCUT2D eigenvalue weighted by atomic mass is 32.1. The average molecular weight is 191 g/mol. The molecular weight excluding hydrogens is 178 g/mol. The number of nitrogens with zero attached hydrogens (tertiary/aromatic N) is 1. The Morgan fingerprint density at radius 1 is 1.15 bits per heavy atom. The van der Waals surface area contributed by atoms with Crippen LogP contribution in [0.3, 0.4) is 0 Å². The zero-order valence-electron chi connectivity index (χ0n) is 7.86. The SMILES string of the molecule is CC.Sc1ccc2cccnc2c1. The first-order chi connectivity index (χ1) is 6.36. The van der Waals surface area contributed by atoms with Gasteiger partial charge in [-0.25, -0.2) is 0 Å². The third-order valence-corrected chi connectivity index (χ3v) is 1.87. The summed E-state index contributed by atoms with van der Waals surface area (Å²) in [5.41, 5.74) is 1.00. The maximum Gasteiger partial charge on any atom is 0.0712 e. The van der Waals surface area contributed by atoms with Crippen LogP contribution in [0.1, 0.15) is 13.8 Å². The third-order valence-electron chi connectivity index (χ3n) is 1.59. The molecule has 2 heteroatoms. The molecule has 13 heavy (non-hydrogen) atoms. The van der Waals surface area contributed by atoms with Crippen LogP contribution in [-0.2, 0) is 0 Å². The minimum Gasteiger partial charge on any atom is -0.256 e. The van der Waals surface area contributed by atoms with Gasteiger partial charge in [-0.2, -0.15) is 0 Å². The predicted octanol–water partition coefficient (Wildman–Crippen LogP) is 3.55. The highest BCUT2D eigenvalue weighted by Crippen LogP contribution is 2.14. The number of fused-ring (bicyclic) bond motifs is 1. The lowest BCUT2D eigenvalue weighted by molar-refractivity contribution is 1.38. The van der Waals surface area contributed by atoms with Gasteiger partial charge in [0.05, 0.1) is 5.52 Å². The quantitative estimate of drug-likeness (QED) is 0.628. The Bertz CT molecular complexity index is 385. The number of pyridine rings is 1. The lowest BCUT2D eigenvalue weighted by Crippen LogP contribution is -1.75. The Morgan fingerprint density at radius 2 is 1.92 bits per heavy atom. The number of thiol groups is 1. The first-order valence-corrected chi connectivity index (χ1v) is 4.85. The molecule has 1 nitrogen and oxygen atoms in total. The largest absolute Gasteiger partial charge is 0.256 e. The number of hydrogen-bond acceptors (Lipinski definition) is 2. The lowest BCUT2D eigenvalue weighted by atomic mass is 10.2. The third kappa shape index (κ3) is 2.46. The lowest BCUT2D eigenvalue weighted by Gasteiger charge is -1.95. The zero-order chi connectivity index (χ0) is 9.68. The molecule has 1 aromatic carbocycles. The molecule has 0 bridgehead atoms. The van der Waals surface area contributed by atoms with Crippen LogP contribution in [0.4, 0.5) is 0 Å². The van der Waals surface area contributed by atoms with Crippen molar-refractivity contribution in [1.29, 1.82) is 0 Å². The van der Waals surface area contributed by atoms with Crippen LogP contribution in [0.5, 0.6) is 0 Å². The van der Waals surface area contributed by atoms with E-state index in [0.717, 1.165) is 15.8 Å². The summed E-state index contributed by atoms with van der Waals surface area (Å²) in [4.78, 5) is 5.15. The summed E-state index contributed by atoms with van der Waals surface area (Å²) in [6.45, 7) is 4.00. The topological polar surface area (TPSA) is 12.9 Å². The van der Waals surface area contributed by atoms with E-state index >= 15 is 0 Å². The smallest absolute Gasteiger partial charge is 0.0712 e. The van der Waals surface area contributed by atoms with Gasteiger partial charge in [0.2, 0.25) is 0 Å². The number of rotatable bonds is 0. The van der Waals surface area contributed by atoms with Gasteiger partial charge in [0, 0.05) is 16.5 Å². The normalized spacial score (nSPS) is 9.15. The summed E-state index contributed by atoms with van der Waals surface area (Å²) in [7, 11) is 0. The second-order valence-corrected chi connectivity index (χ2v) is 2.90. The molecular formula is C11H13NS. The number of hydrogen-bond donors (Lipinski definition) is 1. The maximum atomic E-state index is 4.22. The minimum atomic E-state index is 0.955. The van der Waals surface area contributed by atoms with Crippen molar-refractivity contribution in [3.63, 3.8) is 0 Å². The van der Waals surface area contributed by atoms with Gasteiger partial charge in [0.15, 0.2) is 0 Å². The van der Waals surface area contributed by atoms with Gasteiger partial charge in [-0.15, -0.1) is 12.6 Å². The van der Waals surface area contributed by atoms with Crippen LogP contribution in [0, 0.1) is 0 Å². The molecule has 1 heterocycles. The highest BCUT2D eigenvalue weighted by Gasteiger charge is 1.91. The van der Waals surface area contributed by atoms with Crippen molar-refractivity contribution < 1.29 is 0 Å². The Kier molecular flexibility index (Phi) is 3.77. The van der Waals surface area contributed by atoms with E-state index in [1.807, 2.05) is 44.2 Å². The van der Waals surface area contributed by atoms with Crippen LogP contribution in [-0.4, -0.2) is 4.98 Å². The van der Waals surface area contributed by atoms with Crippen molar-refractivity contribution in [2.75, 3.05) is 0 Å². The van der Waals surface area contributed by atoms with Gasteiger partial charge in [-0.1, -0.05) is 26.0 Å². The van der Waals surface area contributed by atoms with Gasteiger partial charge >= 0.3 is 0 Å². The molecule has 0 N–H and O–H groups in total. The van der Waals surface area contributed by atoms with E-state index in [0.29, 0.717) is 0 Å². The highest BCUT2D eigenvalue weighted by molar-refractivity contribution is 7.80. The van der Waals surface area contributed by atoms with E-state index in [2.05, 4.69) is 17.6 Å². The Morgan fingerprint density at radius 3 is 2.69 bits per heavy atom. The fourth-order valence-corrected chi connectivity index (χ4v) is 1.25. The summed E-state index contributed by atoms with van der Waals surface area (Å²) in [6, 6.07) is 9.91. The van der Waals surface area contributed by atoms with Crippen molar-refractivity contribution in [1.82, 2.24) is 4.98 Å². The van der Waals surface area contributed by atoms with Gasteiger partial charge in [0.25, 0.3) is 0 Å². The summed E-state index contributed by atoms with van der Waals surface area (Å²) < 4.78 is 0. The van der Waals surface area contributed by atoms with E-state index in [1.165, 1.54) is 0 Å². The van der Waals surface area contributed by atoms with E-state index in [-0.39, 0.29) is 0 Å². The average Bonchev–Trinajstić information content (AvgIpc) is 2.21. The molecule has 0 fully saturated rings. The monoisotopic (exact) mass is 191 g/mol. The number of aromatic nitrogens is 1. The second kappa shape index (κ2) is 4.87. The van der Waals surface area contributed by atoms with Gasteiger partial charge in [-0.3, -0.25) is 4.98 Å². The molecule has 1 aromatic heterocycles. The second-order valence-electron chi connectivity index (χ2n) is 2.38. The molecule has 0 unspecified atom stereocenters. The first kappa shape index (κ1) is 10.1. The molecule has 0 saturated carbocycles. The molecule has 0 atom stereocenters. The standard InChI is InChI=1S/C9H7NS.C2H6/c11-8-4-3-7-2-1-5-10-9(7)6-8;1-2/h1-6,11H;1-2H3. The molecule has 0 amide bonds.